The normalized spacial score (nSPS) is 14.9. The van der Waals surface area contributed by atoms with Crippen molar-refractivity contribution in [1.82, 2.24) is 19.8 Å². The Bertz CT molecular complexity index is 1120. The van der Waals surface area contributed by atoms with Gasteiger partial charge in [-0.3, -0.25) is 4.79 Å². The molecule has 1 aliphatic rings. The first-order chi connectivity index (χ1) is 14.8. The lowest BCUT2D eigenvalue weighted by molar-refractivity contribution is -0.123. The standard InChI is InChI=1S/C22H22N6O2/c29-22(27(15-19-7-4-14-30-19)18-5-2-1-3-6-18)17-10-12-26(13-11-17)21-9-8-20-24-23-16-28(20)25-21/h1-9,14,16-17H,10-13,15H2. The third-order valence-electron chi connectivity index (χ3n) is 5.54. The molecule has 1 amide bonds. The SMILES string of the molecule is O=C(C1CCN(c2ccc3nncn3n2)CC1)N(Cc1ccco1)c1ccccc1. The second kappa shape index (κ2) is 7.98. The fourth-order valence-electron chi connectivity index (χ4n) is 3.93. The molecule has 0 aliphatic carbocycles. The molecule has 4 aromatic rings. The Labute approximate surface area is 173 Å². The molecule has 3 aromatic heterocycles. The molecule has 0 spiro atoms. The summed E-state index contributed by atoms with van der Waals surface area (Å²) in [7, 11) is 0. The molecule has 0 atom stereocenters. The number of nitrogens with zero attached hydrogens (tertiary/aromatic N) is 6. The molecule has 5 rings (SSSR count). The topological polar surface area (TPSA) is 79.8 Å². The Morgan fingerprint density at radius 2 is 1.90 bits per heavy atom. The van der Waals surface area contributed by atoms with Crippen molar-refractivity contribution in [3.05, 3.63) is 72.9 Å². The lowest BCUT2D eigenvalue weighted by Crippen LogP contribution is -2.42. The molecule has 0 N–H and O–H groups in total. The van der Waals surface area contributed by atoms with Crippen LogP contribution in [0.5, 0.6) is 0 Å². The van der Waals surface area contributed by atoms with Crippen molar-refractivity contribution in [3.63, 3.8) is 0 Å². The number of carbonyl (C=O) groups is 1. The number of fused-ring (bicyclic) bond motifs is 1. The molecular weight excluding hydrogens is 380 g/mol. The quantitative estimate of drug-likeness (QED) is 0.510. The molecule has 0 saturated carbocycles. The summed E-state index contributed by atoms with van der Waals surface area (Å²) in [6.45, 7) is 1.99. The first kappa shape index (κ1) is 18.4. The van der Waals surface area contributed by atoms with E-state index in [-0.39, 0.29) is 11.8 Å². The van der Waals surface area contributed by atoms with Gasteiger partial charge >= 0.3 is 0 Å². The van der Waals surface area contributed by atoms with Crippen LogP contribution >= 0.6 is 0 Å². The van der Waals surface area contributed by atoms with Crippen LogP contribution in [0.25, 0.3) is 5.65 Å². The Hall–Kier alpha value is -3.68. The zero-order chi connectivity index (χ0) is 20.3. The smallest absolute Gasteiger partial charge is 0.230 e. The number of amides is 1. The fourth-order valence-corrected chi connectivity index (χ4v) is 3.93. The molecule has 8 heteroatoms. The molecule has 1 saturated heterocycles. The number of rotatable bonds is 5. The van der Waals surface area contributed by atoms with Gasteiger partial charge < -0.3 is 14.2 Å². The predicted octanol–water partition coefficient (Wildman–Crippen LogP) is 3.17. The van der Waals surface area contributed by atoms with Crippen molar-refractivity contribution in [1.29, 1.82) is 0 Å². The largest absolute Gasteiger partial charge is 0.467 e. The minimum absolute atomic E-state index is 0.0324. The van der Waals surface area contributed by atoms with Gasteiger partial charge in [-0.25, -0.2) is 0 Å². The number of hydrogen-bond acceptors (Lipinski definition) is 6. The van der Waals surface area contributed by atoms with Gasteiger partial charge in [0.2, 0.25) is 5.91 Å². The van der Waals surface area contributed by atoms with E-state index in [0.717, 1.165) is 48.8 Å². The van der Waals surface area contributed by atoms with Crippen molar-refractivity contribution in [2.75, 3.05) is 22.9 Å². The molecule has 1 aliphatic heterocycles. The van der Waals surface area contributed by atoms with Crippen molar-refractivity contribution in [2.24, 2.45) is 5.92 Å². The van der Waals surface area contributed by atoms with Gasteiger partial charge in [0.25, 0.3) is 0 Å². The van der Waals surface area contributed by atoms with Gasteiger partial charge in [-0.2, -0.15) is 4.52 Å². The molecule has 8 nitrogen and oxygen atoms in total. The molecule has 152 valence electrons. The van der Waals surface area contributed by atoms with Crippen molar-refractivity contribution < 1.29 is 9.21 Å². The molecule has 4 heterocycles. The van der Waals surface area contributed by atoms with Gasteiger partial charge in [-0.15, -0.1) is 15.3 Å². The van der Waals surface area contributed by atoms with Gasteiger partial charge in [-0.05, 0) is 49.2 Å². The summed E-state index contributed by atoms with van der Waals surface area (Å²) in [5.74, 6) is 1.76. The number of carbonyl (C=O) groups excluding carboxylic acids is 1. The molecule has 30 heavy (non-hydrogen) atoms. The van der Waals surface area contributed by atoms with Gasteiger partial charge in [0, 0.05) is 24.7 Å². The molecule has 1 aromatic carbocycles. The van der Waals surface area contributed by atoms with E-state index in [9.17, 15) is 4.79 Å². The molecule has 0 bridgehead atoms. The van der Waals surface area contributed by atoms with Crippen LogP contribution in [0.1, 0.15) is 18.6 Å². The number of benzene rings is 1. The highest BCUT2D eigenvalue weighted by Gasteiger charge is 2.30. The zero-order valence-corrected chi connectivity index (χ0v) is 16.5. The third kappa shape index (κ3) is 3.63. The second-order valence-corrected chi connectivity index (χ2v) is 7.43. The first-order valence-electron chi connectivity index (χ1n) is 10.1. The number of aromatic nitrogens is 4. The second-order valence-electron chi connectivity index (χ2n) is 7.43. The summed E-state index contributed by atoms with van der Waals surface area (Å²) >= 11 is 0. The maximum Gasteiger partial charge on any atom is 0.230 e. The maximum absolute atomic E-state index is 13.4. The van der Waals surface area contributed by atoms with Crippen molar-refractivity contribution in [3.8, 4) is 0 Å². The van der Waals surface area contributed by atoms with Crippen LogP contribution in [0.4, 0.5) is 11.5 Å². The third-order valence-corrected chi connectivity index (χ3v) is 5.54. The Morgan fingerprint density at radius 1 is 1.07 bits per heavy atom. The number of furan rings is 1. The van der Waals surface area contributed by atoms with Gasteiger partial charge in [0.1, 0.15) is 17.9 Å². The monoisotopic (exact) mass is 402 g/mol. The average molecular weight is 402 g/mol. The van der Waals surface area contributed by atoms with Crippen molar-refractivity contribution in [2.45, 2.75) is 19.4 Å². The van der Waals surface area contributed by atoms with E-state index in [1.54, 1.807) is 17.1 Å². The summed E-state index contributed by atoms with van der Waals surface area (Å²) in [4.78, 5) is 17.5. The van der Waals surface area contributed by atoms with E-state index in [0.29, 0.717) is 6.54 Å². The zero-order valence-electron chi connectivity index (χ0n) is 16.5. The van der Waals surface area contributed by atoms with Crippen LogP contribution in [0.2, 0.25) is 0 Å². The summed E-state index contributed by atoms with van der Waals surface area (Å²) < 4.78 is 7.18. The predicted molar refractivity (Wildman–Crippen MR) is 112 cm³/mol. The minimum Gasteiger partial charge on any atom is -0.467 e. The fraction of sp³-hybridized carbons (Fsp3) is 0.273. The summed E-state index contributed by atoms with van der Waals surface area (Å²) in [6.07, 6.45) is 4.80. The van der Waals surface area contributed by atoms with E-state index in [2.05, 4.69) is 20.2 Å². The Morgan fingerprint density at radius 3 is 2.67 bits per heavy atom. The van der Waals surface area contributed by atoms with Crippen LogP contribution in [0.15, 0.2) is 71.6 Å². The maximum atomic E-state index is 13.4. The number of hydrogen-bond donors (Lipinski definition) is 0. The molecular formula is C22H22N6O2. The van der Waals surface area contributed by atoms with Crippen LogP contribution in [0.3, 0.4) is 0 Å². The van der Waals surface area contributed by atoms with E-state index < -0.39 is 0 Å². The molecule has 1 fully saturated rings. The highest BCUT2D eigenvalue weighted by atomic mass is 16.3. The van der Waals surface area contributed by atoms with Gasteiger partial charge in [0.05, 0.1) is 12.8 Å². The number of anilines is 2. The average Bonchev–Trinajstić information content (AvgIpc) is 3.49. The van der Waals surface area contributed by atoms with Crippen molar-refractivity contribution >= 4 is 23.1 Å². The van der Waals surface area contributed by atoms with Gasteiger partial charge in [0.15, 0.2) is 5.65 Å². The summed E-state index contributed by atoms with van der Waals surface area (Å²) in [5, 5.41) is 12.4. The van der Waals surface area contributed by atoms with E-state index in [1.165, 1.54) is 0 Å². The number of piperidine rings is 1. The minimum atomic E-state index is -0.0324. The highest BCUT2D eigenvalue weighted by molar-refractivity contribution is 5.95. The molecule has 0 unspecified atom stereocenters. The van der Waals surface area contributed by atoms with Crippen LogP contribution in [0, 0.1) is 5.92 Å². The Kier molecular flexibility index (Phi) is 4.88. The summed E-state index contributed by atoms with van der Waals surface area (Å²) in [6, 6.07) is 17.4. The first-order valence-corrected chi connectivity index (χ1v) is 10.1. The van der Waals surface area contributed by atoms with Crippen LogP contribution in [-0.2, 0) is 11.3 Å². The van der Waals surface area contributed by atoms with Crippen LogP contribution < -0.4 is 9.80 Å². The van der Waals surface area contributed by atoms with Gasteiger partial charge in [-0.1, -0.05) is 18.2 Å². The lowest BCUT2D eigenvalue weighted by atomic mass is 9.95. The molecule has 0 radical (unpaired) electrons. The highest BCUT2D eigenvalue weighted by Crippen LogP contribution is 2.27. The van der Waals surface area contributed by atoms with E-state index >= 15 is 0 Å². The van der Waals surface area contributed by atoms with Crippen LogP contribution in [-0.4, -0.2) is 38.8 Å². The van der Waals surface area contributed by atoms with E-state index in [1.807, 2.05) is 59.5 Å². The van der Waals surface area contributed by atoms with E-state index in [4.69, 9.17) is 4.42 Å². The lowest BCUT2D eigenvalue weighted by Gasteiger charge is -2.34. The number of para-hydroxylation sites is 1. The Balaban J connectivity index is 1.30. The summed E-state index contributed by atoms with van der Waals surface area (Å²) in [5.41, 5.74) is 1.61.